The highest BCUT2D eigenvalue weighted by Gasteiger charge is 2.05. The number of rotatable bonds is 3. The smallest absolute Gasteiger partial charge is 0.114 e. The summed E-state index contributed by atoms with van der Waals surface area (Å²) in [6.45, 7) is 8.17. The van der Waals surface area contributed by atoms with Gasteiger partial charge in [0.25, 0.3) is 0 Å². The molecule has 3 heteroatoms. The van der Waals surface area contributed by atoms with Crippen molar-refractivity contribution in [3.63, 3.8) is 0 Å². The Morgan fingerprint density at radius 1 is 1.36 bits per heavy atom. The number of nitrogens with zero attached hydrogens (tertiary/aromatic N) is 2. The Balaban J connectivity index is 2.87. The zero-order valence-corrected chi connectivity index (χ0v) is 9.71. The van der Waals surface area contributed by atoms with E-state index in [0.717, 1.165) is 10.7 Å². The lowest BCUT2D eigenvalue weighted by Crippen LogP contribution is -2.05. The van der Waals surface area contributed by atoms with Gasteiger partial charge in [-0.25, -0.2) is 0 Å². The Bertz CT molecular complexity index is 323. The molecular weight excluding hydrogens is 192 g/mol. The fourth-order valence-electron chi connectivity index (χ4n) is 1.10. The monoisotopic (exact) mass is 208 g/mol. The van der Waals surface area contributed by atoms with Gasteiger partial charge >= 0.3 is 0 Å². The lowest BCUT2D eigenvalue weighted by molar-refractivity contribution is 0.840. The molecule has 0 N–H and O–H groups in total. The number of hydrogen-bond acceptors (Lipinski definition) is 2. The minimum absolute atomic E-state index is 0.310. The van der Waals surface area contributed by atoms with Crippen molar-refractivity contribution in [1.82, 2.24) is 4.57 Å². The van der Waals surface area contributed by atoms with Crippen molar-refractivity contribution < 1.29 is 0 Å². The van der Waals surface area contributed by atoms with Crippen LogP contribution in [-0.2, 0) is 0 Å². The number of hydrogen-bond donors (Lipinski definition) is 0. The van der Waals surface area contributed by atoms with E-state index in [-0.39, 0.29) is 0 Å². The van der Waals surface area contributed by atoms with E-state index in [4.69, 9.17) is 0 Å². The maximum absolute atomic E-state index is 4.51. The van der Waals surface area contributed by atoms with Crippen molar-refractivity contribution in [2.45, 2.75) is 19.9 Å². The third kappa shape index (κ3) is 2.77. The molecular formula is C11H16N2S. The fourth-order valence-corrected chi connectivity index (χ4v) is 1.76. The number of aliphatic imine (C=N–C) groups is 1. The quantitative estimate of drug-likeness (QED) is 0.551. The standard InChI is InChI=1S/C11H16N2S/c1-9(2)12-11(14-4)10(3)13-7-5-6-8-13/h5-9H,3H2,1-2,4H3. The van der Waals surface area contributed by atoms with Gasteiger partial charge in [-0.1, -0.05) is 6.58 Å². The van der Waals surface area contributed by atoms with Crippen LogP contribution >= 0.6 is 11.8 Å². The first-order chi connectivity index (χ1) is 6.65. The summed E-state index contributed by atoms with van der Waals surface area (Å²) >= 11 is 1.63. The molecule has 0 spiro atoms. The molecule has 14 heavy (non-hydrogen) atoms. The van der Waals surface area contributed by atoms with Gasteiger partial charge in [0.05, 0.1) is 5.70 Å². The normalized spacial score (nSPS) is 12.1. The van der Waals surface area contributed by atoms with E-state index in [0.29, 0.717) is 6.04 Å². The largest absolute Gasteiger partial charge is 0.322 e. The maximum atomic E-state index is 4.51. The van der Waals surface area contributed by atoms with Gasteiger partial charge in [-0.05, 0) is 32.2 Å². The van der Waals surface area contributed by atoms with Gasteiger partial charge in [0.15, 0.2) is 0 Å². The molecule has 0 bridgehead atoms. The number of aromatic nitrogens is 1. The fraction of sp³-hybridized carbons (Fsp3) is 0.364. The molecule has 0 saturated carbocycles. The molecule has 0 aliphatic rings. The Morgan fingerprint density at radius 3 is 2.36 bits per heavy atom. The van der Waals surface area contributed by atoms with Crippen LogP contribution in [0.3, 0.4) is 0 Å². The van der Waals surface area contributed by atoms with E-state index < -0.39 is 0 Å². The Morgan fingerprint density at radius 2 is 1.93 bits per heavy atom. The molecule has 0 aliphatic heterocycles. The third-order valence-electron chi connectivity index (χ3n) is 1.73. The first-order valence-electron chi connectivity index (χ1n) is 4.59. The predicted octanol–water partition coefficient (Wildman–Crippen LogP) is 3.13. The average molecular weight is 208 g/mol. The van der Waals surface area contributed by atoms with E-state index in [1.165, 1.54) is 0 Å². The summed E-state index contributed by atoms with van der Waals surface area (Å²) in [5.41, 5.74) is 0.941. The second kappa shape index (κ2) is 5.05. The van der Waals surface area contributed by atoms with Gasteiger partial charge < -0.3 is 4.57 Å². The Labute approximate surface area is 89.7 Å². The van der Waals surface area contributed by atoms with Gasteiger partial charge in [0, 0.05) is 18.4 Å². The molecule has 1 aromatic rings. The van der Waals surface area contributed by atoms with Crippen molar-refractivity contribution >= 4 is 22.5 Å². The van der Waals surface area contributed by atoms with Crippen LogP contribution in [0.15, 0.2) is 36.1 Å². The topological polar surface area (TPSA) is 17.3 Å². The first kappa shape index (κ1) is 11.1. The molecule has 0 fully saturated rings. The van der Waals surface area contributed by atoms with Crippen molar-refractivity contribution in [3.05, 3.63) is 31.1 Å². The van der Waals surface area contributed by atoms with Crippen LogP contribution in [-0.4, -0.2) is 21.9 Å². The molecule has 1 heterocycles. The van der Waals surface area contributed by atoms with Gasteiger partial charge in [-0.15, -0.1) is 11.8 Å². The summed E-state index contributed by atoms with van der Waals surface area (Å²) in [6, 6.07) is 4.28. The molecule has 1 aromatic heterocycles. The molecule has 0 aliphatic carbocycles. The van der Waals surface area contributed by atoms with Crippen molar-refractivity contribution in [3.8, 4) is 0 Å². The van der Waals surface area contributed by atoms with Crippen LogP contribution in [0.1, 0.15) is 13.8 Å². The van der Waals surface area contributed by atoms with E-state index in [9.17, 15) is 0 Å². The molecule has 0 radical (unpaired) electrons. The summed E-state index contributed by atoms with van der Waals surface area (Å²) in [6.07, 6.45) is 5.98. The molecule has 0 amide bonds. The summed E-state index contributed by atoms with van der Waals surface area (Å²) < 4.78 is 1.98. The van der Waals surface area contributed by atoms with E-state index in [1.807, 2.05) is 35.3 Å². The molecule has 1 rings (SSSR count). The molecule has 0 saturated heterocycles. The summed E-state index contributed by atoms with van der Waals surface area (Å²) in [5, 5.41) is 0.996. The van der Waals surface area contributed by atoms with Crippen molar-refractivity contribution in [2.24, 2.45) is 4.99 Å². The SMILES string of the molecule is C=C(C(=NC(C)C)SC)n1cccc1. The van der Waals surface area contributed by atoms with Gasteiger partial charge in [-0.3, -0.25) is 4.99 Å². The maximum Gasteiger partial charge on any atom is 0.114 e. The Kier molecular flexibility index (Phi) is 4.01. The predicted molar refractivity (Wildman–Crippen MR) is 65.8 cm³/mol. The second-order valence-corrected chi connectivity index (χ2v) is 4.06. The van der Waals surface area contributed by atoms with E-state index in [1.54, 1.807) is 11.8 Å². The molecule has 0 unspecified atom stereocenters. The zero-order chi connectivity index (χ0) is 10.6. The highest BCUT2D eigenvalue weighted by atomic mass is 32.2. The molecule has 2 nitrogen and oxygen atoms in total. The minimum Gasteiger partial charge on any atom is -0.322 e. The van der Waals surface area contributed by atoms with E-state index >= 15 is 0 Å². The second-order valence-electron chi connectivity index (χ2n) is 3.27. The van der Waals surface area contributed by atoms with Crippen LogP contribution in [0.2, 0.25) is 0 Å². The van der Waals surface area contributed by atoms with Crippen LogP contribution in [0, 0.1) is 0 Å². The zero-order valence-electron chi connectivity index (χ0n) is 8.90. The highest BCUT2D eigenvalue weighted by Crippen LogP contribution is 2.14. The molecule has 0 atom stereocenters. The molecule has 0 aromatic carbocycles. The van der Waals surface area contributed by atoms with E-state index in [2.05, 4.69) is 25.4 Å². The van der Waals surface area contributed by atoms with Crippen LogP contribution < -0.4 is 0 Å². The highest BCUT2D eigenvalue weighted by molar-refractivity contribution is 8.14. The number of thioether (sulfide) groups is 1. The summed E-state index contributed by atoms with van der Waals surface area (Å²) in [7, 11) is 0. The average Bonchev–Trinajstić information content (AvgIpc) is 2.65. The first-order valence-corrected chi connectivity index (χ1v) is 5.82. The van der Waals surface area contributed by atoms with Gasteiger partial charge in [0.1, 0.15) is 5.04 Å². The van der Waals surface area contributed by atoms with Crippen molar-refractivity contribution in [1.29, 1.82) is 0 Å². The van der Waals surface area contributed by atoms with Gasteiger partial charge in [-0.2, -0.15) is 0 Å². The summed E-state index contributed by atoms with van der Waals surface area (Å²) in [5.74, 6) is 0. The van der Waals surface area contributed by atoms with Crippen LogP contribution in [0.25, 0.3) is 5.70 Å². The molecule has 76 valence electrons. The van der Waals surface area contributed by atoms with Crippen LogP contribution in [0.4, 0.5) is 0 Å². The third-order valence-corrected chi connectivity index (χ3v) is 2.46. The summed E-state index contributed by atoms with van der Waals surface area (Å²) in [4.78, 5) is 4.51. The Hall–Kier alpha value is -0.960. The lowest BCUT2D eigenvalue weighted by Gasteiger charge is -2.09. The van der Waals surface area contributed by atoms with Gasteiger partial charge in [0.2, 0.25) is 0 Å². The lowest BCUT2D eigenvalue weighted by atomic mass is 10.4. The van der Waals surface area contributed by atoms with Crippen molar-refractivity contribution in [2.75, 3.05) is 6.26 Å². The minimum atomic E-state index is 0.310. The van der Waals surface area contributed by atoms with Crippen LogP contribution in [0.5, 0.6) is 0 Å².